The number of carbonyl (C=O) groups excluding carboxylic acids is 3. The number of carbonyl (C=O) groups is 3. The average molecular weight is 407 g/mol. The topological polar surface area (TPSA) is 113 Å². The van der Waals surface area contributed by atoms with E-state index < -0.39 is 15.8 Å². The number of sulfone groups is 1. The first-order valence-electron chi connectivity index (χ1n) is 9.30. The molecule has 0 saturated carbocycles. The van der Waals surface area contributed by atoms with E-state index in [4.69, 9.17) is 0 Å². The summed E-state index contributed by atoms with van der Waals surface area (Å²) in [5, 5.41) is 5.38. The normalized spacial score (nSPS) is 23.6. The van der Waals surface area contributed by atoms with Crippen molar-refractivity contribution >= 4 is 33.2 Å². The van der Waals surface area contributed by atoms with Gasteiger partial charge in [-0.25, -0.2) is 8.42 Å². The molecule has 9 heteroatoms. The van der Waals surface area contributed by atoms with Gasteiger partial charge in [0.2, 0.25) is 17.7 Å². The van der Waals surface area contributed by atoms with Gasteiger partial charge in [-0.3, -0.25) is 14.4 Å². The third kappa shape index (κ3) is 4.52. The Labute approximate surface area is 164 Å². The number of para-hydroxylation sites is 1. The summed E-state index contributed by atoms with van der Waals surface area (Å²) < 4.78 is 23.3. The lowest BCUT2D eigenvalue weighted by atomic mass is 10.1. The van der Waals surface area contributed by atoms with E-state index in [1.165, 1.54) is 4.90 Å². The number of anilines is 1. The van der Waals surface area contributed by atoms with E-state index in [1.54, 1.807) is 0 Å². The SMILES string of the molecule is Cc1cccc(C)c1NC(=O)CNC(=O)C1CC(=O)N(C2CCS(=O)(=O)C2)C1. The fourth-order valence-electron chi connectivity index (χ4n) is 3.79. The number of benzene rings is 1. The quantitative estimate of drug-likeness (QED) is 0.733. The third-order valence-corrected chi connectivity index (χ3v) is 7.10. The van der Waals surface area contributed by atoms with Crippen LogP contribution in [0.1, 0.15) is 24.0 Å². The summed E-state index contributed by atoms with van der Waals surface area (Å²) in [5.41, 5.74) is 2.60. The minimum Gasteiger partial charge on any atom is -0.347 e. The molecule has 3 rings (SSSR count). The standard InChI is InChI=1S/C19H25N3O5S/c1-12-4-3-5-13(2)18(12)21-16(23)9-20-19(25)14-8-17(24)22(10-14)15-6-7-28(26,27)11-15/h3-5,14-15H,6-11H2,1-2H3,(H,20,25)(H,21,23). The van der Waals surface area contributed by atoms with Gasteiger partial charge in [-0.05, 0) is 31.4 Å². The molecule has 0 aliphatic carbocycles. The predicted molar refractivity (Wildman–Crippen MR) is 104 cm³/mol. The van der Waals surface area contributed by atoms with Crippen LogP contribution in [0, 0.1) is 19.8 Å². The molecule has 2 unspecified atom stereocenters. The van der Waals surface area contributed by atoms with E-state index >= 15 is 0 Å². The van der Waals surface area contributed by atoms with Crippen molar-refractivity contribution in [2.45, 2.75) is 32.7 Å². The lowest BCUT2D eigenvalue weighted by Gasteiger charge is -2.22. The van der Waals surface area contributed by atoms with Crippen molar-refractivity contribution in [3.05, 3.63) is 29.3 Å². The molecule has 2 aliphatic rings. The highest BCUT2D eigenvalue weighted by Gasteiger charge is 2.41. The number of nitrogens with zero attached hydrogens (tertiary/aromatic N) is 1. The van der Waals surface area contributed by atoms with Gasteiger partial charge in [0.15, 0.2) is 9.84 Å². The van der Waals surface area contributed by atoms with Crippen molar-refractivity contribution in [1.29, 1.82) is 0 Å². The van der Waals surface area contributed by atoms with Gasteiger partial charge in [-0.15, -0.1) is 0 Å². The summed E-state index contributed by atoms with van der Waals surface area (Å²) in [4.78, 5) is 38.3. The van der Waals surface area contributed by atoms with Crippen molar-refractivity contribution in [2.24, 2.45) is 5.92 Å². The highest BCUT2D eigenvalue weighted by atomic mass is 32.2. The predicted octanol–water partition coefficient (Wildman–Crippen LogP) is 0.394. The molecule has 1 aromatic carbocycles. The van der Waals surface area contributed by atoms with Crippen LogP contribution in [0.15, 0.2) is 18.2 Å². The van der Waals surface area contributed by atoms with Crippen molar-refractivity contribution in [3.63, 3.8) is 0 Å². The molecule has 2 atom stereocenters. The molecule has 0 spiro atoms. The Kier molecular flexibility index (Phi) is 5.74. The molecular formula is C19H25N3O5S. The highest BCUT2D eigenvalue weighted by molar-refractivity contribution is 7.91. The van der Waals surface area contributed by atoms with Crippen LogP contribution in [0.25, 0.3) is 0 Å². The number of nitrogens with one attached hydrogen (secondary N) is 2. The van der Waals surface area contributed by atoms with Gasteiger partial charge < -0.3 is 15.5 Å². The molecule has 28 heavy (non-hydrogen) atoms. The monoisotopic (exact) mass is 407 g/mol. The molecule has 152 valence electrons. The minimum atomic E-state index is -3.10. The molecule has 2 heterocycles. The second kappa shape index (κ2) is 7.90. The fraction of sp³-hybridized carbons (Fsp3) is 0.526. The van der Waals surface area contributed by atoms with Gasteiger partial charge in [0.1, 0.15) is 0 Å². The molecule has 0 bridgehead atoms. The Morgan fingerprint density at radius 3 is 2.50 bits per heavy atom. The largest absolute Gasteiger partial charge is 0.347 e. The first-order chi connectivity index (χ1) is 13.2. The third-order valence-electron chi connectivity index (χ3n) is 5.35. The smallest absolute Gasteiger partial charge is 0.243 e. The van der Waals surface area contributed by atoms with Gasteiger partial charge in [0.05, 0.1) is 24.0 Å². The zero-order chi connectivity index (χ0) is 20.5. The summed E-state index contributed by atoms with van der Waals surface area (Å²) in [7, 11) is -3.10. The van der Waals surface area contributed by atoms with Crippen LogP contribution in [0.3, 0.4) is 0 Å². The van der Waals surface area contributed by atoms with Crippen LogP contribution in [-0.2, 0) is 24.2 Å². The maximum Gasteiger partial charge on any atom is 0.243 e. The molecule has 3 amide bonds. The molecular weight excluding hydrogens is 382 g/mol. The van der Waals surface area contributed by atoms with E-state index in [-0.39, 0.29) is 54.8 Å². The Balaban J connectivity index is 1.51. The van der Waals surface area contributed by atoms with Gasteiger partial charge in [0.25, 0.3) is 0 Å². The van der Waals surface area contributed by atoms with Crippen LogP contribution in [0.4, 0.5) is 5.69 Å². The van der Waals surface area contributed by atoms with Gasteiger partial charge in [-0.1, -0.05) is 18.2 Å². The van der Waals surface area contributed by atoms with E-state index in [1.807, 2.05) is 32.0 Å². The number of likely N-dealkylation sites (tertiary alicyclic amines) is 1. The number of hydrogen-bond donors (Lipinski definition) is 2. The molecule has 8 nitrogen and oxygen atoms in total. The fourth-order valence-corrected chi connectivity index (χ4v) is 5.52. The molecule has 0 radical (unpaired) electrons. The van der Waals surface area contributed by atoms with Crippen LogP contribution >= 0.6 is 0 Å². The molecule has 1 aromatic rings. The molecule has 2 fully saturated rings. The summed E-state index contributed by atoms with van der Waals surface area (Å²) in [5.74, 6) is -1.43. The number of amides is 3. The van der Waals surface area contributed by atoms with Crippen molar-refractivity contribution in [3.8, 4) is 0 Å². The molecule has 2 N–H and O–H groups in total. The summed E-state index contributed by atoms with van der Waals surface area (Å²) in [6, 6.07) is 5.34. The Hall–Kier alpha value is -2.42. The lowest BCUT2D eigenvalue weighted by Crippen LogP contribution is -2.40. The Morgan fingerprint density at radius 1 is 1.21 bits per heavy atom. The summed E-state index contributed by atoms with van der Waals surface area (Å²) in [6.07, 6.45) is 0.460. The van der Waals surface area contributed by atoms with E-state index in [0.717, 1.165) is 16.8 Å². The zero-order valence-electron chi connectivity index (χ0n) is 16.0. The van der Waals surface area contributed by atoms with Crippen LogP contribution in [0.5, 0.6) is 0 Å². The first-order valence-corrected chi connectivity index (χ1v) is 11.1. The van der Waals surface area contributed by atoms with Gasteiger partial charge in [0, 0.05) is 24.7 Å². The van der Waals surface area contributed by atoms with Crippen molar-refractivity contribution in [1.82, 2.24) is 10.2 Å². The average Bonchev–Trinajstić information content (AvgIpc) is 3.18. The maximum absolute atomic E-state index is 12.4. The molecule has 0 aromatic heterocycles. The second-order valence-electron chi connectivity index (χ2n) is 7.54. The van der Waals surface area contributed by atoms with Crippen LogP contribution in [-0.4, -0.2) is 61.7 Å². The Morgan fingerprint density at radius 2 is 1.89 bits per heavy atom. The molecule has 2 saturated heterocycles. The number of hydrogen-bond acceptors (Lipinski definition) is 5. The highest BCUT2D eigenvalue weighted by Crippen LogP contribution is 2.26. The summed E-state index contributed by atoms with van der Waals surface area (Å²) >= 11 is 0. The number of aryl methyl sites for hydroxylation is 2. The van der Waals surface area contributed by atoms with Crippen molar-refractivity contribution in [2.75, 3.05) is 29.9 Å². The van der Waals surface area contributed by atoms with E-state index in [9.17, 15) is 22.8 Å². The lowest BCUT2D eigenvalue weighted by molar-refractivity contribution is -0.130. The first kappa shape index (κ1) is 20.3. The van der Waals surface area contributed by atoms with Gasteiger partial charge in [-0.2, -0.15) is 0 Å². The zero-order valence-corrected chi connectivity index (χ0v) is 16.8. The second-order valence-corrected chi connectivity index (χ2v) is 9.77. The summed E-state index contributed by atoms with van der Waals surface area (Å²) in [6.45, 7) is 3.80. The van der Waals surface area contributed by atoms with E-state index in [0.29, 0.717) is 6.42 Å². The van der Waals surface area contributed by atoms with Gasteiger partial charge >= 0.3 is 0 Å². The van der Waals surface area contributed by atoms with Crippen LogP contribution < -0.4 is 10.6 Å². The Bertz CT molecular complexity index is 892. The van der Waals surface area contributed by atoms with Crippen LogP contribution in [0.2, 0.25) is 0 Å². The van der Waals surface area contributed by atoms with Crippen molar-refractivity contribution < 1.29 is 22.8 Å². The van der Waals surface area contributed by atoms with E-state index in [2.05, 4.69) is 10.6 Å². The minimum absolute atomic E-state index is 0.0364. The molecule has 2 aliphatic heterocycles. The number of rotatable bonds is 5. The maximum atomic E-state index is 12.4.